The van der Waals surface area contributed by atoms with Gasteiger partial charge in [0.05, 0.1) is 11.4 Å². The number of hydrogen-bond donors (Lipinski definition) is 0. The topological polar surface area (TPSA) is 46.1 Å². The predicted molar refractivity (Wildman–Crippen MR) is 93.4 cm³/mol. The van der Waals surface area contributed by atoms with E-state index in [0.717, 1.165) is 48.6 Å². The van der Waals surface area contributed by atoms with E-state index in [0.29, 0.717) is 5.75 Å². The van der Waals surface area contributed by atoms with Gasteiger partial charge in [0.25, 0.3) is 0 Å². The van der Waals surface area contributed by atoms with Gasteiger partial charge in [0.1, 0.15) is 5.03 Å². The second-order valence-electron chi connectivity index (χ2n) is 5.68. The van der Waals surface area contributed by atoms with Crippen molar-refractivity contribution in [3.63, 3.8) is 0 Å². The molecule has 0 unspecified atom stereocenters. The van der Waals surface area contributed by atoms with Crippen LogP contribution in [0.1, 0.15) is 25.3 Å². The van der Waals surface area contributed by atoms with E-state index >= 15 is 0 Å². The highest BCUT2D eigenvalue weighted by Crippen LogP contribution is 2.21. The van der Waals surface area contributed by atoms with Gasteiger partial charge in [0.15, 0.2) is 0 Å². The number of thioether (sulfide) groups is 1. The largest absolute Gasteiger partial charge is 0.342 e. The van der Waals surface area contributed by atoms with Crippen LogP contribution in [0.15, 0.2) is 41.4 Å². The van der Waals surface area contributed by atoms with E-state index in [1.165, 1.54) is 17.3 Å². The van der Waals surface area contributed by atoms with Crippen molar-refractivity contribution in [3.05, 3.63) is 42.0 Å². The molecule has 2 heterocycles. The van der Waals surface area contributed by atoms with Crippen LogP contribution >= 0.6 is 11.8 Å². The fraction of sp³-hybridized carbons (Fsp3) is 0.389. The molecular weight excluding hydrogens is 306 g/mol. The van der Waals surface area contributed by atoms with Gasteiger partial charge in [0, 0.05) is 18.7 Å². The van der Waals surface area contributed by atoms with Crippen molar-refractivity contribution in [3.8, 4) is 11.3 Å². The van der Waals surface area contributed by atoms with E-state index in [2.05, 4.69) is 41.4 Å². The van der Waals surface area contributed by atoms with Crippen LogP contribution < -0.4 is 0 Å². The Morgan fingerprint density at radius 1 is 1.09 bits per heavy atom. The number of carbonyl (C=O) groups excluding carboxylic acids is 1. The van der Waals surface area contributed by atoms with E-state index in [1.807, 2.05) is 17.0 Å². The molecule has 0 N–H and O–H groups in total. The Balaban J connectivity index is 1.59. The maximum absolute atomic E-state index is 12.0. The van der Waals surface area contributed by atoms with E-state index in [9.17, 15) is 4.79 Å². The lowest BCUT2D eigenvalue weighted by molar-refractivity contribution is -0.127. The Kier molecular flexibility index (Phi) is 5.28. The van der Waals surface area contributed by atoms with Crippen LogP contribution in [0, 0.1) is 0 Å². The van der Waals surface area contributed by atoms with Crippen molar-refractivity contribution in [2.75, 3.05) is 18.8 Å². The maximum atomic E-state index is 12.0. The second kappa shape index (κ2) is 7.59. The van der Waals surface area contributed by atoms with Crippen molar-refractivity contribution in [1.82, 2.24) is 15.1 Å². The van der Waals surface area contributed by atoms with Crippen molar-refractivity contribution in [2.24, 2.45) is 0 Å². The third-order valence-corrected chi connectivity index (χ3v) is 5.01. The summed E-state index contributed by atoms with van der Waals surface area (Å²) in [5.41, 5.74) is 3.25. The summed E-state index contributed by atoms with van der Waals surface area (Å²) < 4.78 is 0. The number of nitrogens with zero attached hydrogens (tertiary/aromatic N) is 3. The number of rotatable bonds is 5. The molecule has 1 aromatic carbocycles. The summed E-state index contributed by atoms with van der Waals surface area (Å²) in [5.74, 6) is 0.646. The summed E-state index contributed by atoms with van der Waals surface area (Å²) in [6.45, 7) is 3.94. The quantitative estimate of drug-likeness (QED) is 0.790. The highest BCUT2D eigenvalue weighted by Gasteiger charge is 2.17. The van der Waals surface area contributed by atoms with Gasteiger partial charge in [-0.15, -0.1) is 10.2 Å². The number of benzene rings is 1. The van der Waals surface area contributed by atoms with Crippen molar-refractivity contribution >= 4 is 17.7 Å². The lowest BCUT2D eigenvalue weighted by atomic mass is 10.1. The number of carbonyl (C=O) groups is 1. The summed E-state index contributed by atoms with van der Waals surface area (Å²) in [4.78, 5) is 14.0. The molecule has 0 spiro atoms. The molecule has 0 aliphatic carbocycles. The lowest BCUT2D eigenvalue weighted by Gasteiger charge is -2.14. The van der Waals surface area contributed by atoms with Crippen molar-refractivity contribution in [2.45, 2.75) is 31.2 Å². The molecule has 0 bridgehead atoms. The monoisotopic (exact) mass is 327 g/mol. The smallest absolute Gasteiger partial charge is 0.232 e. The molecule has 0 saturated carbocycles. The minimum atomic E-state index is 0.202. The third-order valence-electron chi connectivity index (χ3n) is 4.10. The van der Waals surface area contributed by atoms with Gasteiger partial charge in [-0.25, -0.2) is 0 Å². The Morgan fingerprint density at radius 3 is 2.43 bits per heavy atom. The first-order valence-corrected chi connectivity index (χ1v) is 9.08. The lowest BCUT2D eigenvalue weighted by Crippen LogP contribution is -2.29. The van der Waals surface area contributed by atoms with Gasteiger partial charge < -0.3 is 4.90 Å². The average molecular weight is 327 g/mol. The number of aryl methyl sites for hydroxylation is 1. The Morgan fingerprint density at radius 2 is 1.83 bits per heavy atom. The van der Waals surface area contributed by atoms with Gasteiger partial charge in [-0.1, -0.05) is 43.0 Å². The first-order chi connectivity index (χ1) is 11.3. The molecule has 5 heteroatoms. The molecule has 3 rings (SSSR count). The molecule has 1 aliphatic rings. The first kappa shape index (κ1) is 16.0. The summed E-state index contributed by atoms with van der Waals surface area (Å²) >= 11 is 1.46. The number of aromatic nitrogens is 2. The normalized spacial score (nSPS) is 14.2. The number of hydrogen-bond acceptors (Lipinski definition) is 4. The molecular formula is C18H21N3OS. The molecule has 1 saturated heterocycles. The van der Waals surface area contributed by atoms with Crippen LogP contribution in [0.4, 0.5) is 0 Å². The zero-order valence-corrected chi connectivity index (χ0v) is 14.2. The van der Waals surface area contributed by atoms with Gasteiger partial charge in [-0.2, -0.15) is 0 Å². The molecule has 1 fully saturated rings. The SMILES string of the molecule is CCc1ccc(-c2ccc(SCC(=O)N3CCCC3)nn2)cc1. The Labute approximate surface area is 141 Å². The maximum Gasteiger partial charge on any atom is 0.232 e. The van der Waals surface area contributed by atoms with Crippen molar-refractivity contribution < 1.29 is 4.79 Å². The summed E-state index contributed by atoms with van der Waals surface area (Å²) in [7, 11) is 0. The van der Waals surface area contributed by atoms with Gasteiger partial charge in [-0.05, 0) is 37.0 Å². The molecule has 4 nitrogen and oxygen atoms in total. The summed E-state index contributed by atoms with van der Waals surface area (Å²) in [5, 5.41) is 9.32. The van der Waals surface area contributed by atoms with E-state index < -0.39 is 0 Å². The molecule has 1 aliphatic heterocycles. The number of amides is 1. The highest BCUT2D eigenvalue weighted by molar-refractivity contribution is 7.99. The van der Waals surface area contributed by atoms with Crippen molar-refractivity contribution in [1.29, 1.82) is 0 Å². The van der Waals surface area contributed by atoms with E-state index in [1.54, 1.807) is 0 Å². The molecule has 23 heavy (non-hydrogen) atoms. The predicted octanol–water partition coefficient (Wildman–Crippen LogP) is 3.42. The van der Waals surface area contributed by atoms with Crippen LogP contribution in [0.5, 0.6) is 0 Å². The zero-order chi connectivity index (χ0) is 16.1. The number of likely N-dealkylation sites (tertiary alicyclic amines) is 1. The fourth-order valence-electron chi connectivity index (χ4n) is 2.66. The molecule has 0 atom stereocenters. The van der Waals surface area contributed by atoms with Crippen LogP contribution in [0.2, 0.25) is 0 Å². The fourth-order valence-corrected chi connectivity index (χ4v) is 3.37. The van der Waals surface area contributed by atoms with E-state index in [4.69, 9.17) is 0 Å². The standard InChI is InChI=1S/C18H21N3OS/c1-2-14-5-7-15(8-6-14)16-9-10-17(20-19-16)23-13-18(22)21-11-3-4-12-21/h5-10H,2-4,11-13H2,1H3. The highest BCUT2D eigenvalue weighted by atomic mass is 32.2. The molecule has 2 aromatic rings. The van der Waals surface area contributed by atoms with E-state index in [-0.39, 0.29) is 5.91 Å². The van der Waals surface area contributed by atoms with Crippen LogP contribution in [0.25, 0.3) is 11.3 Å². The second-order valence-corrected chi connectivity index (χ2v) is 6.68. The molecule has 1 amide bonds. The van der Waals surface area contributed by atoms with Crippen LogP contribution in [-0.4, -0.2) is 39.8 Å². The molecule has 0 radical (unpaired) electrons. The molecule has 120 valence electrons. The third kappa shape index (κ3) is 4.10. The minimum Gasteiger partial charge on any atom is -0.342 e. The average Bonchev–Trinajstić information content (AvgIpc) is 3.15. The minimum absolute atomic E-state index is 0.202. The van der Waals surface area contributed by atoms with Crippen LogP contribution in [0.3, 0.4) is 0 Å². The van der Waals surface area contributed by atoms with Crippen LogP contribution in [-0.2, 0) is 11.2 Å². The molecule has 1 aromatic heterocycles. The summed E-state index contributed by atoms with van der Waals surface area (Å²) in [6, 6.07) is 12.3. The first-order valence-electron chi connectivity index (χ1n) is 8.10. The van der Waals surface area contributed by atoms with Gasteiger partial charge in [0.2, 0.25) is 5.91 Å². The van der Waals surface area contributed by atoms with Gasteiger partial charge in [-0.3, -0.25) is 4.79 Å². The Bertz CT molecular complexity index is 649. The zero-order valence-electron chi connectivity index (χ0n) is 13.4. The Hall–Kier alpha value is -1.88. The summed E-state index contributed by atoms with van der Waals surface area (Å²) in [6.07, 6.45) is 3.29. The van der Waals surface area contributed by atoms with Gasteiger partial charge >= 0.3 is 0 Å².